The smallest absolute Gasteiger partial charge is 0.267 e. The van der Waals surface area contributed by atoms with Crippen molar-refractivity contribution in [3.63, 3.8) is 0 Å². The van der Waals surface area contributed by atoms with E-state index in [0.717, 1.165) is 36.6 Å². The number of hydrogen-bond donors (Lipinski definition) is 2. The number of aryl methyl sites for hydroxylation is 2. The first-order valence-electron chi connectivity index (χ1n) is 12.6. The molecule has 1 aliphatic rings. The van der Waals surface area contributed by atoms with E-state index in [1.807, 2.05) is 31.2 Å². The van der Waals surface area contributed by atoms with Crippen LogP contribution in [0.3, 0.4) is 0 Å². The van der Waals surface area contributed by atoms with Gasteiger partial charge in [-0.15, -0.1) is 11.3 Å². The summed E-state index contributed by atoms with van der Waals surface area (Å²) in [4.78, 5) is 33.2. The van der Waals surface area contributed by atoms with Crippen molar-refractivity contribution in [2.45, 2.75) is 31.3 Å². The van der Waals surface area contributed by atoms with Crippen LogP contribution in [0, 0.1) is 0 Å². The minimum absolute atomic E-state index is 0.0143. The normalized spacial score (nSPS) is 12.6. The van der Waals surface area contributed by atoms with Gasteiger partial charge in [-0.1, -0.05) is 11.8 Å². The molecule has 10 nitrogen and oxygen atoms in total. The van der Waals surface area contributed by atoms with E-state index in [2.05, 4.69) is 10.5 Å². The number of nitrogens with zero attached hydrogens (tertiary/aromatic N) is 3. The van der Waals surface area contributed by atoms with Gasteiger partial charge in [0.2, 0.25) is 5.75 Å². The zero-order valence-electron chi connectivity index (χ0n) is 22.2. The number of thiophene rings is 1. The van der Waals surface area contributed by atoms with Crippen LogP contribution in [0.2, 0.25) is 0 Å². The first-order chi connectivity index (χ1) is 19.4. The summed E-state index contributed by atoms with van der Waals surface area (Å²) in [6.07, 6.45) is 4.29. The summed E-state index contributed by atoms with van der Waals surface area (Å²) >= 11 is 2.72. The molecule has 2 N–H and O–H groups in total. The minimum Gasteiger partial charge on any atom is -0.502 e. The molecule has 1 amide bonds. The molecular formula is C28H28N4O6S2. The average molecular weight is 581 g/mol. The first kappa shape index (κ1) is 27.5. The van der Waals surface area contributed by atoms with Gasteiger partial charge in [0.15, 0.2) is 16.7 Å². The monoisotopic (exact) mass is 580 g/mol. The van der Waals surface area contributed by atoms with Gasteiger partial charge in [0.1, 0.15) is 10.6 Å². The number of hydrazone groups is 1. The van der Waals surface area contributed by atoms with E-state index in [4.69, 9.17) is 19.2 Å². The van der Waals surface area contributed by atoms with E-state index in [1.54, 1.807) is 28.0 Å². The molecule has 0 spiro atoms. The molecule has 0 radical (unpaired) electrons. The fourth-order valence-corrected chi connectivity index (χ4v) is 6.64. The highest BCUT2D eigenvalue weighted by molar-refractivity contribution is 7.99. The third-order valence-corrected chi connectivity index (χ3v) is 8.48. The van der Waals surface area contributed by atoms with E-state index in [1.165, 1.54) is 25.3 Å². The van der Waals surface area contributed by atoms with Crippen LogP contribution in [0.5, 0.6) is 23.0 Å². The highest BCUT2D eigenvalue weighted by Gasteiger charge is 2.24. The number of carbonyl (C=O) groups excluding carboxylic acids is 1. The Morgan fingerprint density at radius 1 is 1.20 bits per heavy atom. The number of aromatic hydroxyl groups is 1. The van der Waals surface area contributed by atoms with Gasteiger partial charge in [0.25, 0.3) is 11.5 Å². The molecule has 0 atom stereocenters. The number of ether oxygens (including phenoxy) is 3. The molecule has 1 aliphatic carbocycles. The molecule has 5 rings (SSSR count). The first-order valence-corrected chi connectivity index (χ1v) is 14.4. The van der Waals surface area contributed by atoms with Crippen molar-refractivity contribution in [1.29, 1.82) is 0 Å². The van der Waals surface area contributed by atoms with Gasteiger partial charge in [-0.05, 0) is 68.1 Å². The molecule has 4 aromatic rings. The summed E-state index contributed by atoms with van der Waals surface area (Å²) in [5.74, 6) is 0.633. The van der Waals surface area contributed by atoms with Gasteiger partial charge in [-0.25, -0.2) is 10.4 Å². The van der Waals surface area contributed by atoms with E-state index in [-0.39, 0.29) is 34.5 Å². The van der Waals surface area contributed by atoms with Crippen molar-refractivity contribution in [2.75, 3.05) is 26.6 Å². The maximum Gasteiger partial charge on any atom is 0.267 e. The lowest BCUT2D eigenvalue weighted by Gasteiger charge is -2.13. The number of phenolic OH excluding ortho intramolecular Hbond substituents is 1. The Kier molecular flexibility index (Phi) is 8.27. The molecule has 2 aromatic heterocycles. The van der Waals surface area contributed by atoms with E-state index in [0.29, 0.717) is 39.0 Å². The second-order valence-electron chi connectivity index (χ2n) is 8.86. The predicted octanol–water partition coefficient (Wildman–Crippen LogP) is 4.30. The van der Waals surface area contributed by atoms with Crippen molar-refractivity contribution in [3.8, 4) is 28.7 Å². The highest BCUT2D eigenvalue weighted by Crippen LogP contribution is 2.37. The van der Waals surface area contributed by atoms with Gasteiger partial charge < -0.3 is 19.3 Å². The lowest BCUT2D eigenvalue weighted by molar-refractivity contribution is -0.118. The Morgan fingerprint density at radius 3 is 2.60 bits per heavy atom. The SMILES string of the molecule is CCOc1ccc(-n2c(SCC(=O)NN=Cc3cc(OC)c(O)c(OC)c3)nc3sc4c(c3c2=O)CCC4)cc1. The third kappa shape index (κ3) is 5.50. The number of aromatic nitrogens is 2. The van der Waals surface area contributed by atoms with Crippen LogP contribution >= 0.6 is 23.1 Å². The lowest BCUT2D eigenvalue weighted by atomic mass is 10.2. The average Bonchev–Trinajstić information content (AvgIpc) is 3.55. The zero-order chi connectivity index (χ0) is 28.2. The number of nitrogens with one attached hydrogen (secondary N) is 1. The highest BCUT2D eigenvalue weighted by atomic mass is 32.2. The van der Waals surface area contributed by atoms with Crippen LogP contribution in [0.1, 0.15) is 29.3 Å². The number of fused-ring (bicyclic) bond motifs is 3. The summed E-state index contributed by atoms with van der Waals surface area (Å²) in [5.41, 5.74) is 4.66. The Hall–Kier alpha value is -4.03. The van der Waals surface area contributed by atoms with Crippen LogP contribution < -0.4 is 25.2 Å². The van der Waals surface area contributed by atoms with Crippen molar-refractivity contribution in [1.82, 2.24) is 15.0 Å². The maximum absolute atomic E-state index is 13.8. The van der Waals surface area contributed by atoms with Crippen molar-refractivity contribution in [2.24, 2.45) is 5.10 Å². The van der Waals surface area contributed by atoms with Crippen LogP contribution in [-0.2, 0) is 17.6 Å². The number of rotatable bonds is 10. The molecule has 208 valence electrons. The Morgan fingerprint density at radius 2 is 1.93 bits per heavy atom. The summed E-state index contributed by atoms with van der Waals surface area (Å²) in [6, 6.07) is 10.4. The lowest BCUT2D eigenvalue weighted by Crippen LogP contribution is -2.24. The quantitative estimate of drug-likeness (QED) is 0.123. The maximum atomic E-state index is 13.8. The Bertz CT molecular complexity index is 1620. The number of hydrogen-bond acceptors (Lipinski definition) is 10. The number of amides is 1. The topological polar surface area (TPSA) is 124 Å². The van der Waals surface area contributed by atoms with Crippen LogP contribution in [0.25, 0.3) is 15.9 Å². The summed E-state index contributed by atoms with van der Waals surface area (Å²) in [6.45, 7) is 2.45. The van der Waals surface area contributed by atoms with Crippen molar-refractivity contribution >= 4 is 45.4 Å². The van der Waals surface area contributed by atoms with Crippen molar-refractivity contribution < 1.29 is 24.1 Å². The number of benzene rings is 2. The summed E-state index contributed by atoms with van der Waals surface area (Å²) in [7, 11) is 2.85. The molecule has 0 fully saturated rings. The molecule has 40 heavy (non-hydrogen) atoms. The second-order valence-corrected chi connectivity index (χ2v) is 10.9. The Balaban J connectivity index is 1.38. The molecule has 0 bridgehead atoms. The minimum atomic E-state index is -0.375. The molecular weight excluding hydrogens is 552 g/mol. The molecule has 2 aromatic carbocycles. The van der Waals surface area contributed by atoms with E-state index in [9.17, 15) is 14.7 Å². The van der Waals surface area contributed by atoms with Gasteiger partial charge in [0, 0.05) is 10.4 Å². The van der Waals surface area contributed by atoms with E-state index >= 15 is 0 Å². The fraction of sp³-hybridized carbons (Fsp3) is 0.286. The predicted molar refractivity (Wildman–Crippen MR) is 156 cm³/mol. The number of phenols is 1. The van der Waals surface area contributed by atoms with Gasteiger partial charge >= 0.3 is 0 Å². The van der Waals surface area contributed by atoms with E-state index < -0.39 is 0 Å². The van der Waals surface area contributed by atoms with Crippen molar-refractivity contribution in [3.05, 3.63) is 62.8 Å². The molecule has 0 unspecified atom stereocenters. The molecule has 0 aliphatic heterocycles. The Labute approximate surface area is 238 Å². The van der Waals surface area contributed by atoms with Gasteiger partial charge in [-0.3, -0.25) is 14.2 Å². The second kappa shape index (κ2) is 12.0. The fourth-order valence-electron chi connectivity index (χ4n) is 4.54. The number of methoxy groups -OCH3 is 2. The zero-order valence-corrected chi connectivity index (χ0v) is 23.9. The molecule has 2 heterocycles. The van der Waals surface area contributed by atoms with Crippen LogP contribution in [0.4, 0.5) is 0 Å². The third-order valence-electron chi connectivity index (χ3n) is 6.35. The van der Waals surface area contributed by atoms with Gasteiger partial charge in [-0.2, -0.15) is 5.10 Å². The number of carbonyl (C=O) groups is 1. The van der Waals surface area contributed by atoms with Gasteiger partial charge in [0.05, 0.1) is 43.9 Å². The molecule has 0 saturated carbocycles. The number of thioether (sulfide) groups is 1. The standard InChI is InChI=1S/C28H28N4O6S2/c1-4-38-18-10-8-17(9-11-18)32-27(35)24-19-6-5-7-22(19)40-26(24)30-28(32)39-15-23(33)31-29-14-16-12-20(36-2)25(34)21(13-16)37-3/h8-14,34H,4-7,15H2,1-3H3,(H,31,33). The molecule has 0 saturated heterocycles. The molecule has 12 heteroatoms. The summed E-state index contributed by atoms with van der Waals surface area (Å²) < 4.78 is 17.4. The van der Waals surface area contributed by atoms with Crippen LogP contribution in [-0.4, -0.2) is 53.4 Å². The van der Waals surface area contributed by atoms with Crippen LogP contribution in [0.15, 0.2) is 51.5 Å². The largest absolute Gasteiger partial charge is 0.502 e. The summed E-state index contributed by atoms with van der Waals surface area (Å²) in [5, 5.41) is 15.2.